The van der Waals surface area contributed by atoms with Crippen LogP contribution in [0.1, 0.15) is 12.8 Å². The van der Waals surface area contributed by atoms with E-state index in [0.29, 0.717) is 5.70 Å². The molecule has 0 aliphatic carbocycles. The van der Waals surface area contributed by atoms with Gasteiger partial charge in [-0.2, -0.15) is 0 Å². The van der Waals surface area contributed by atoms with Crippen molar-refractivity contribution in [2.45, 2.75) is 17.7 Å². The summed E-state index contributed by atoms with van der Waals surface area (Å²) in [5.74, 6) is -0.896. The highest BCUT2D eigenvalue weighted by atomic mass is 79.9. The lowest BCUT2D eigenvalue weighted by Gasteiger charge is -2.24. The Hall–Kier alpha value is -1.04. The monoisotopic (exact) mass is 305 g/mol. The number of ether oxygens (including phenoxy) is 2. The fourth-order valence-electron chi connectivity index (χ4n) is 1.70. The van der Waals surface area contributed by atoms with Gasteiger partial charge in [0.25, 0.3) is 0 Å². The van der Waals surface area contributed by atoms with Crippen LogP contribution in [0, 0.1) is 0 Å². The van der Waals surface area contributed by atoms with Gasteiger partial charge in [-0.25, -0.2) is 4.79 Å². The first-order valence-electron chi connectivity index (χ1n) is 5.36. The van der Waals surface area contributed by atoms with E-state index < -0.39 is 16.8 Å². The zero-order valence-electron chi connectivity index (χ0n) is 9.94. The molecule has 1 unspecified atom stereocenters. The Balaban J connectivity index is 2.88. The minimum Gasteiger partial charge on any atom is -0.468 e. The van der Waals surface area contributed by atoms with Gasteiger partial charge in [-0.15, -0.1) is 0 Å². The minimum atomic E-state index is -0.635. The van der Waals surface area contributed by atoms with Gasteiger partial charge in [0.2, 0.25) is 0 Å². The van der Waals surface area contributed by atoms with Crippen LogP contribution in [0.2, 0.25) is 0 Å². The first-order chi connectivity index (χ1) is 8.10. The molecule has 0 N–H and O–H groups in total. The molecule has 1 aliphatic rings. The van der Waals surface area contributed by atoms with E-state index in [4.69, 9.17) is 0 Å². The zero-order chi connectivity index (χ0) is 12.8. The molecule has 0 aromatic carbocycles. The summed E-state index contributed by atoms with van der Waals surface area (Å²) in [6.07, 6.45) is 3.44. The van der Waals surface area contributed by atoms with Crippen LogP contribution >= 0.6 is 15.9 Å². The van der Waals surface area contributed by atoms with E-state index in [0.717, 1.165) is 25.9 Å². The number of nitrogens with zero attached hydrogens (tertiary/aromatic N) is 1. The second-order valence-electron chi connectivity index (χ2n) is 3.67. The summed E-state index contributed by atoms with van der Waals surface area (Å²) in [5.41, 5.74) is 0.598. The van der Waals surface area contributed by atoms with Crippen LogP contribution in [0.25, 0.3) is 0 Å². The van der Waals surface area contributed by atoms with Crippen LogP contribution in [-0.2, 0) is 19.1 Å². The maximum atomic E-state index is 11.5. The van der Waals surface area contributed by atoms with Crippen molar-refractivity contribution in [3.63, 3.8) is 0 Å². The molecule has 1 rings (SSSR count). The van der Waals surface area contributed by atoms with Gasteiger partial charge in [-0.3, -0.25) is 4.79 Å². The summed E-state index contributed by atoms with van der Waals surface area (Å²) in [4.78, 5) is 24.1. The van der Waals surface area contributed by atoms with E-state index in [1.807, 2.05) is 4.90 Å². The Morgan fingerprint density at radius 3 is 2.29 bits per heavy atom. The van der Waals surface area contributed by atoms with Crippen LogP contribution in [-0.4, -0.2) is 49.0 Å². The van der Waals surface area contributed by atoms with E-state index in [1.54, 1.807) is 0 Å². The molecule has 1 fully saturated rings. The van der Waals surface area contributed by atoms with Crippen LogP contribution in [0.4, 0.5) is 0 Å². The van der Waals surface area contributed by atoms with Crippen molar-refractivity contribution in [3.05, 3.63) is 11.8 Å². The van der Waals surface area contributed by atoms with Gasteiger partial charge < -0.3 is 14.4 Å². The smallest absolute Gasteiger partial charge is 0.332 e. The van der Waals surface area contributed by atoms with Crippen molar-refractivity contribution < 1.29 is 19.1 Å². The van der Waals surface area contributed by atoms with Gasteiger partial charge in [0.05, 0.1) is 14.2 Å². The number of alkyl halides is 1. The Kier molecular flexibility index (Phi) is 5.47. The molecule has 1 atom stereocenters. The number of likely N-dealkylation sites (tertiary alicyclic amines) is 1. The van der Waals surface area contributed by atoms with Gasteiger partial charge >= 0.3 is 11.9 Å². The molecule has 5 nitrogen and oxygen atoms in total. The molecule has 1 heterocycles. The van der Waals surface area contributed by atoms with Crippen molar-refractivity contribution >= 4 is 27.9 Å². The predicted octanol–water partition coefficient (Wildman–Crippen LogP) is 1.08. The molecule has 0 spiro atoms. The lowest BCUT2D eigenvalue weighted by molar-refractivity contribution is -0.139. The topological polar surface area (TPSA) is 55.8 Å². The highest BCUT2D eigenvalue weighted by Gasteiger charge is 2.27. The Bertz CT molecular complexity index is 323. The fourth-order valence-corrected chi connectivity index (χ4v) is 2.31. The van der Waals surface area contributed by atoms with Crippen molar-refractivity contribution in [2.24, 2.45) is 0 Å². The van der Waals surface area contributed by atoms with Crippen LogP contribution in [0.15, 0.2) is 11.8 Å². The lowest BCUT2D eigenvalue weighted by atomic mass is 10.2. The SMILES string of the molecule is COC(=O)/C=C(/C(Br)C(=O)OC)N1CCCC1. The first-order valence-corrected chi connectivity index (χ1v) is 6.28. The highest BCUT2D eigenvalue weighted by molar-refractivity contribution is 9.10. The van der Waals surface area contributed by atoms with E-state index in [9.17, 15) is 9.59 Å². The summed E-state index contributed by atoms with van der Waals surface area (Å²) in [7, 11) is 2.62. The number of hydrogen-bond donors (Lipinski definition) is 0. The molecule has 17 heavy (non-hydrogen) atoms. The van der Waals surface area contributed by atoms with Crippen molar-refractivity contribution in [1.29, 1.82) is 0 Å². The summed E-state index contributed by atoms with van der Waals surface area (Å²) in [5, 5.41) is 0. The largest absolute Gasteiger partial charge is 0.468 e. The van der Waals surface area contributed by atoms with Crippen molar-refractivity contribution in [2.75, 3.05) is 27.3 Å². The summed E-state index contributed by atoms with van der Waals surface area (Å²) < 4.78 is 9.25. The quantitative estimate of drug-likeness (QED) is 0.442. The van der Waals surface area contributed by atoms with Gasteiger partial charge in [-0.05, 0) is 12.8 Å². The second-order valence-corrected chi connectivity index (χ2v) is 4.59. The highest BCUT2D eigenvalue weighted by Crippen LogP contribution is 2.23. The molecule has 0 radical (unpaired) electrons. The normalized spacial score (nSPS) is 17.8. The third-order valence-corrected chi connectivity index (χ3v) is 3.45. The van der Waals surface area contributed by atoms with Gasteiger partial charge in [0.15, 0.2) is 4.83 Å². The molecule has 0 amide bonds. The number of carbonyl (C=O) groups excluding carboxylic acids is 2. The third-order valence-electron chi connectivity index (χ3n) is 2.61. The minimum absolute atomic E-state index is 0.424. The van der Waals surface area contributed by atoms with Gasteiger partial charge in [-0.1, -0.05) is 15.9 Å². The zero-order valence-corrected chi connectivity index (χ0v) is 11.5. The number of esters is 2. The molecule has 0 bridgehead atoms. The third kappa shape index (κ3) is 3.73. The predicted molar refractivity (Wildman–Crippen MR) is 65.6 cm³/mol. The van der Waals surface area contributed by atoms with E-state index in [1.165, 1.54) is 20.3 Å². The Morgan fingerprint density at radius 2 is 1.82 bits per heavy atom. The fraction of sp³-hybridized carbons (Fsp3) is 0.636. The molecular formula is C11H16BrNO4. The second kappa shape index (κ2) is 6.64. The van der Waals surface area contributed by atoms with Crippen molar-refractivity contribution in [3.8, 4) is 0 Å². The molecule has 1 aliphatic heterocycles. The average Bonchev–Trinajstić information content (AvgIpc) is 2.87. The van der Waals surface area contributed by atoms with Gasteiger partial charge in [0.1, 0.15) is 0 Å². The summed E-state index contributed by atoms with van der Waals surface area (Å²) in [6.45, 7) is 1.67. The number of methoxy groups -OCH3 is 2. The lowest BCUT2D eigenvalue weighted by Crippen LogP contribution is -2.31. The molecule has 0 saturated carbocycles. The van der Waals surface area contributed by atoms with E-state index in [-0.39, 0.29) is 0 Å². The van der Waals surface area contributed by atoms with Crippen molar-refractivity contribution in [1.82, 2.24) is 4.90 Å². The van der Waals surface area contributed by atoms with E-state index >= 15 is 0 Å². The molecule has 0 aromatic heterocycles. The summed E-state index contributed by atoms with van der Waals surface area (Å²) in [6, 6.07) is 0. The molecular weight excluding hydrogens is 290 g/mol. The average molecular weight is 306 g/mol. The molecule has 96 valence electrons. The Morgan fingerprint density at radius 1 is 1.24 bits per heavy atom. The number of carbonyl (C=O) groups is 2. The maximum absolute atomic E-state index is 11.5. The number of rotatable bonds is 4. The number of hydrogen-bond acceptors (Lipinski definition) is 5. The van der Waals surface area contributed by atoms with Crippen LogP contribution < -0.4 is 0 Å². The molecule has 6 heteroatoms. The van der Waals surface area contributed by atoms with Gasteiger partial charge in [0, 0.05) is 24.9 Å². The number of halogens is 1. The molecule has 0 aromatic rings. The maximum Gasteiger partial charge on any atom is 0.332 e. The Labute approximate surface area is 109 Å². The standard InChI is InChI=1S/C11H16BrNO4/c1-16-9(14)7-8(10(12)11(15)17-2)13-5-3-4-6-13/h7,10H,3-6H2,1-2H3/b8-7-. The molecule has 1 saturated heterocycles. The van der Waals surface area contributed by atoms with Crippen LogP contribution in [0.5, 0.6) is 0 Å². The van der Waals surface area contributed by atoms with Crippen LogP contribution in [0.3, 0.4) is 0 Å². The summed E-state index contributed by atoms with van der Waals surface area (Å²) >= 11 is 3.25. The van der Waals surface area contributed by atoms with E-state index in [2.05, 4.69) is 25.4 Å². The first kappa shape index (κ1) is 14.0.